The molecule has 0 saturated heterocycles. The van der Waals surface area contributed by atoms with Crippen molar-refractivity contribution in [3.8, 4) is 0 Å². The fourth-order valence-corrected chi connectivity index (χ4v) is 2.29. The number of hydrogen-bond acceptors (Lipinski definition) is 2. The van der Waals surface area contributed by atoms with Crippen molar-refractivity contribution in [3.05, 3.63) is 35.9 Å². The maximum Gasteiger partial charge on any atom is 0.220 e. The zero-order valence-corrected chi connectivity index (χ0v) is 16.2. The predicted octanol–water partition coefficient (Wildman–Crippen LogP) is 2.37. The molecule has 0 heterocycles. The van der Waals surface area contributed by atoms with E-state index in [4.69, 9.17) is 0 Å². The predicted molar refractivity (Wildman–Crippen MR) is 105 cm³/mol. The Morgan fingerprint density at radius 1 is 1.30 bits per heavy atom. The van der Waals surface area contributed by atoms with Gasteiger partial charge in [-0.2, -0.15) is 0 Å². The summed E-state index contributed by atoms with van der Waals surface area (Å²) in [5.41, 5.74) is 1.25. The molecule has 2 N–H and O–H groups in total. The van der Waals surface area contributed by atoms with Gasteiger partial charge in [-0.25, -0.2) is 0 Å². The second kappa shape index (κ2) is 10.5. The molecular formula is C17H27IN4O. The number of carbonyl (C=O) groups is 1. The Bertz CT molecular complexity index is 503. The summed E-state index contributed by atoms with van der Waals surface area (Å²) in [6, 6.07) is 10.8. The molecule has 0 radical (unpaired) electrons. The van der Waals surface area contributed by atoms with Crippen LogP contribution in [-0.2, 0) is 11.3 Å². The number of nitrogens with one attached hydrogen (secondary N) is 2. The van der Waals surface area contributed by atoms with E-state index in [9.17, 15) is 4.79 Å². The van der Waals surface area contributed by atoms with Crippen LogP contribution in [0.2, 0.25) is 0 Å². The Labute approximate surface area is 156 Å². The molecule has 0 spiro atoms. The van der Waals surface area contributed by atoms with Crippen molar-refractivity contribution in [2.45, 2.75) is 38.3 Å². The number of amides is 1. The average Bonchev–Trinajstić information content (AvgIpc) is 3.32. The van der Waals surface area contributed by atoms with E-state index in [1.165, 1.54) is 5.56 Å². The quantitative estimate of drug-likeness (QED) is 0.302. The van der Waals surface area contributed by atoms with Gasteiger partial charge in [0.2, 0.25) is 5.91 Å². The topological polar surface area (TPSA) is 56.7 Å². The molecule has 0 aliphatic heterocycles. The van der Waals surface area contributed by atoms with Crippen LogP contribution in [0.25, 0.3) is 0 Å². The van der Waals surface area contributed by atoms with Crippen LogP contribution in [-0.4, -0.2) is 43.4 Å². The summed E-state index contributed by atoms with van der Waals surface area (Å²) in [7, 11) is 3.80. The van der Waals surface area contributed by atoms with Gasteiger partial charge in [-0.1, -0.05) is 30.3 Å². The first-order chi connectivity index (χ1) is 10.7. The molecule has 0 aromatic heterocycles. The zero-order chi connectivity index (χ0) is 15.8. The van der Waals surface area contributed by atoms with Crippen LogP contribution in [0.15, 0.2) is 35.3 Å². The number of hydrogen-bond donors (Lipinski definition) is 2. The van der Waals surface area contributed by atoms with E-state index in [0.29, 0.717) is 12.5 Å². The Morgan fingerprint density at radius 2 is 2.00 bits per heavy atom. The highest BCUT2D eigenvalue weighted by Gasteiger charge is 2.22. The standard InChI is InChI=1S/C17H26N4O.HI/c1-18-17(21(2)13-14-7-4-3-5-8-14)19-12-6-9-16(22)20-15-10-11-15;/h3-5,7-8,15H,6,9-13H2,1-2H3,(H,18,19)(H,20,22);1H. The smallest absolute Gasteiger partial charge is 0.220 e. The molecule has 1 aliphatic carbocycles. The fraction of sp³-hybridized carbons (Fsp3) is 0.529. The molecule has 0 atom stereocenters. The number of halogens is 1. The Kier molecular flexibility index (Phi) is 8.98. The van der Waals surface area contributed by atoms with Crippen molar-refractivity contribution in [2.75, 3.05) is 20.6 Å². The first-order valence-corrected chi connectivity index (χ1v) is 7.94. The summed E-state index contributed by atoms with van der Waals surface area (Å²) in [5.74, 6) is 1.02. The van der Waals surface area contributed by atoms with Crippen molar-refractivity contribution in [3.63, 3.8) is 0 Å². The van der Waals surface area contributed by atoms with Crippen molar-refractivity contribution in [1.82, 2.24) is 15.5 Å². The van der Waals surface area contributed by atoms with Gasteiger partial charge in [-0.3, -0.25) is 9.79 Å². The Morgan fingerprint density at radius 3 is 2.61 bits per heavy atom. The summed E-state index contributed by atoms with van der Waals surface area (Å²) in [4.78, 5) is 18.0. The first kappa shape index (κ1) is 19.7. The molecule has 6 heteroatoms. The van der Waals surface area contributed by atoms with Gasteiger partial charge in [-0.05, 0) is 24.8 Å². The molecule has 1 aromatic rings. The lowest BCUT2D eigenvalue weighted by Crippen LogP contribution is -2.39. The van der Waals surface area contributed by atoms with E-state index in [2.05, 4.69) is 32.7 Å². The highest BCUT2D eigenvalue weighted by molar-refractivity contribution is 14.0. The second-order valence-electron chi connectivity index (χ2n) is 5.76. The Hall–Kier alpha value is -1.31. The SMILES string of the molecule is CN=C(NCCCC(=O)NC1CC1)N(C)Cc1ccccc1.I. The molecule has 5 nitrogen and oxygen atoms in total. The van der Waals surface area contributed by atoms with Crippen molar-refractivity contribution < 1.29 is 4.79 Å². The van der Waals surface area contributed by atoms with Gasteiger partial charge in [0, 0.05) is 39.6 Å². The third kappa shape index (κ3) is 7.67. The van der Waals surface area contributed by atoms with E-state index >= 15 is 0 Å². The molecule has 23 heavy (non-hydrogen) atoms. The summed E-state index contributed by atoms with van der Waals surface area (Å²) < 4.78 is 0. The van der Waals surface area contributed by atoms with Crippen molar-refractivity contribution in [2.24, 2.45) is 4.99 Å². The van der Waals surface area contributed by atoms with E-state index in [1.54, 1.807) is 7.05 Å². The number of rotatable bonds is 7. The lowest BCUT2D eigenvalue weighted by atomic mass is 10.2. The van der Waals surface area contributed by atoms with Crippen LogP contribution in [0, 0.1) is 0 Å². The highest BCUT2D eigenvalue weighted by atomic mass is 127. The third-order valence-electron chi connectivity index (χ3n) is 3.64. The fourth-order valence-electron chi connectivity index (χ4n) is 2.29. The monoisotopic (exact) mass is 430 g/mol. The highest BCUT2D eigenvalue weighted by Crippen LogP contribution is 2.18. The molecule has 2 rings (SSSR count). The van der Waals surface area contributed by atoms with Gasteiger partial charge in [0.05, 0.1) is 0 Å². The summed E-state index contributed by atoms with van der Waals surface area (Å²) in [5, 5.41) is 6.31. The van der Waals surface area contributed by atoms with Crippen molar-refractivity contribution in [1.29, 1.82) is 0 Å². The first-order valence-electron chi connectivity index (χ1n) is 7.94. The molecule has 128 valence electrons. The van der Waals surface area contributed by atoms with Gasteiger partial charge in [0.1, 0.15) is 0 Å². The Balaban J connectivity index is 0.00000264. The number of carbonyl (C=O) groups excluding carboxylic acids is 1. The van der Waals surface area contributed by atoms with Crippen LogP contribution in [0.3, 0.4) is 0 Å². The lowest BCUT2D eigenvalue weighted by Gasteiger charge is -2.22. The second-order valence-corrected chi connectivity index (χ2v) is 5.76. The van der Waals surface area contributed by atoms with Crippen molar-refractivity contribution >= 4 is 35.8 Å². The van der Waals surface area contributed by atoms with E-state index < -0.39 is 0 Å². The summed E-state index contributed by atoms with van der Waals surface area (Å²) in [6.45, 7) is 1.56. The van der Waals surface area contributed by atoms with Gasteiger partial charge >= 0.3 is 0 Å². The molecule has 0 unspecified atom stereocenters. The van der Waals surface area contributed by atoms with Gasteiger partial charge in [-0.15, -0.1) is 24.0 Å². The largest absolute Gasteiger partial charge is 0.356 e. The van der Waals surface area contributed by atoms with Gasteiger partial charge in [0.15, 0.2) is 5.96 Å². The van der Waals surface area contributed by atoms with E-state index in [-0.39, 0.29) is 29.9 Å². The van der Waals surface area contributed by atoms with Crippen LogP contribution in [0.5, 0.6) is 0 Å². The minimum atomic E-state index is 0. The number of benzene rings is 1. The van der Waals surface area contributed by atoms with Gasteiger partial charge in [0.25, 0.3) is 0 Å². The minimum Gasteiger partial charge on any atom is -0.356 e. The molecule has 1 aliphatic rings. The van der Waals surface area contributed by atoms with E-state index in [1.807, 2.05) is 25.2 Å². The number of aliphatic imine (C=N–C) groups is 1. The molecule has 0 bridgehead atoms. The maximum absolute atomic E-state index is 11.6. The van der Waals surface area contributed by atoms with Gasteiger partial charge < -0.3 is 15.5 Å². The maximum atomic E-state index is 11.6. The zero-order valence-electron chi connectivity index (χ0n) is 13.9. The molecular weight excluding hydrogens is 403 g/mol. The summed E-state index contributed by atoms with van der Waals surface area (Å²) >= 11 is 0. The number of nitrogens with zero attached hydrogens (tertiary/aromatic N) is 2. The van der Waals surface area contributed by atoms with Crippen LogP contribution in [0.1, 0.15) is 31.2 Å². The molecule has 1 aromatic carbocycles. The summed E-state index contributed by atoms with van der Waals surface area (Å²) in [6.07, 6.45) is 3.67. The molecule has 1 amide bonds. The van der Waals surface area contributed by atoms with Crippen LogP contribution < -0.4 is 10.6 Å². The molecule has 1 fully saturated rings. The van der Waals surface area contributed by atoms with Crippen LogP contribution in [0.4, 0.5) is 0 Å². The average molecular weight is 430 g/mol. The minimum absolute atomic E-state index is 0. The third-order valence-corrected chi connectivity index (χ3v) is 3.64. The van der Waals surface area contributed by atoms with E-state index in [0.717, 1.165) is 38.3 Å². The lowest BCUT2D eigenvalue weighted by molar-refractivity contribution is -0.121. The molecule has 1 saturated carbocycles. The normalized spacial score (nSPS) is 13.9. The van der Waals surface area contributed by atoms with Crippen LogP contribution >= 0.6 is 24.0 Å². The number of guanidine groups is 1.